The van der Waals surface area contributed by atoms with Crippen LogP contribution < -0.4 is 10.6 Å². The second-order valence-electron chi connectivity index (χ2n) is 4.79. The summed E-state index contributed by atoms with van der Waals surface area (Å²) in [5.41, 5.74) is 1.42. The molecule has 0 atom stereocenters. The number of carbonyl (C=O) groups excluding carboxylic acids is 1. The van der Waals surface area contributed by atoms with Gasteiger partial charge in [0.15, 0.2) is 0 Å². The van der Waals surface area contributed by atoms with E-state index in [-0.39, 0.29) is 5.91 Å². The van der Waals surface area contributed by atoms with Crippen LogP contribution in [0.2, 0.25) is 0 Å². The molecular formula is C14H24N4O2. The maximum Gasteiger partial charge on any atom is 0.252 e. The standard InChI is InChI=1S/C14H24N4O2/c1-18(2)7-6-16-13-9-12(10-15-11-13)14(19)17-5-4-8-20-3/h9-11,16H,4-8H2,1-3H3,(H,17,19). The van der Waals surface area contributed by atoms with Crippen molar-refractivity contribution in [2.24, 2.45) is 0 Å². The second-order valence-corrected chi connectivity index (χ2v) is 4.79. The molecule has 1 heterocycles. The number of likely N-dealkylation sites (N-methyl/N-ethyl adjacent to an activating group) is 1. The van der Waals surface area contributed by atoms with Gasteiger partial charge in [0.25, 0.3) is 5.91 Å². The van der Waals surface area contributed by atoms with Gasteiger partial charge in [-0.05, 0) is 26.6 Å². The summed E-state index contributed by atoms with van der Waals surface area (Å²) in [5.74, 6) is -0.107. The third-order valence-electron chi connectivity index (χ3n) is 2.70. The van der Waals surface area contributed by atoms with Crippen molar-refractivity contribution in [3.05, 3.63) is 24.0 Å². The number of carbonyl (C=O) groups is 1. The lowest BCUT2D eigenvalue weighted by Gasteiger charge is -2.11. The first-order valence-corrected chi connectivity index (χ1v) is 6.74. The Bertz CT molecular complexity index is 410. The zero-order valence-corrected chi connectivity index (χ0v) is 12.5. The molecule has 0 aliphatic rings. The Balaban J connectivity index is 2.43. The van der Waals surface area contributed by atoms with Gasteiger partial charge in [-0.1, -0.05) is 0 Å². The predicted molar refractivity (Wildman–Crippen MR) is 80.1 cm³/mol. The minimum Gasteiger partial charge on any atom is -0.385 e. The van der Waals surface area contributed by atoms with Crippen LogP contribution in [0, 0.1) is 0 Å². The zero-order valence-electron chi connectivity index (χ0n) is 12.5. The van der Waals surface area contributed by atoms with Gasteiger partial charge in [-0.2, -0.15) is 0 Å². The highest BCUT2D eigenvalue weighted by Crippen LogP contribution is 2.07. The monoisotopic (exact) mass is 280 g/mol. The van der Waals surface area contributed by atoms with Crippen molar-refractivity contribution in [3.63, 3.8) is 0 Å². The number of ether oxygens (including phenoxy) is 1. The Morgan fingerprint density at radius 1 is 1.35 bits per heavy atom. The van der Waals surface area contributed by atoms with Crippen molar-refractivity contribution in [2.75, 3.05) is 52.8 Å². The van der Waals surface area contributed by atoms with Crippen molar-refractivity contribution in [1.82, 2.24) is 15.2 Å². The van der Waals surface area contributed by atoms with Crippen LogP contribution in [-0.2, 0) is 4.74 Å². The maximum atomic E-state index is 11.9. The highest BCUT2D eigenvalue weighted by molar-refractivity contribution is 5.94. The Morgan fingerprint density at radius 2 is 2.15 bits per heavy atom. The molecule has 0 radical (unpaired) electrons. The molecule has 0 fully saturated rings. The fraction of sp³-hybridized carbons (Fsp3) is 0.571. The molecule has 0 bridgehead atoms. The van der Waals surface area contributed by atoms with E-state index in [4.69, 9.17) is 4.74 Å². The van der Waals surface area contributed by atoms with Crippen molar-refractivity contribution < 1.29 is 9.53 Å². The fourth-order valence-corrected chi connectivity index (χ4v) is 1.61. The molecule has 6 nitrogen and oxygen atoms in total. The quantitative estimate of drug-likeness (QED) is 0.656. The summed E-state index contributed by atoms with van der Waals surface area (Å²) in [6, 6.07) is 1.81. The first kappa shape index (κ1) is 16.4. The maximum absolute atomic E-state index is 11.9. The summed E-state index contributed by atoms with van der Waals surface area (Å²) in [7, 11) is 5.68. The van der Waals surface area contributed by atoms with Crippen LogP contribution in [0.5, 0.6) is 0 Å². The zero-order chi connectivity index (χ0) is 14.8. The summed E-state index contributed by atoms with van der Waals surface area (Å²) in [6.07, 6.45) is 4.09. The van der Waals surface area contributed by atoms with E-state index in [1.807, 2.05) is 20.2 Å². The van der Waals surface area contributed by atoms with Crippen LogP contribution in [0.25, 0.3) is 0 Å². The summed E-state index contributed by atoms with van der Waals surface area (Å²) in [5, 5.41) is 6.08. The molecular weight excluding hydrogens is 256 g/mol. The number of hydrogen-bond donors (Lipinski definition) is 2. The fourth-order valence-electron chi connectivity index (χ4n) is 1.61. The lowest BCUT2D eigenvalue weighted by atomic mass is 10.2. The second kappa shape index (κ2) is 9.28. The number of nitrogens with one attached hydrogen (secondary N) is 2. The Morgan fingerprint density at radius 3 is 2.85 bits per heavy atom. The molecule has 1 aromatic heterocycles. The lowest BCUT2D eigenvalue weighted by molar-refractivity contribution is 0.0948. The van der Waals surface area contributed by atoms with Crippen molar-refractivity contribution in [3.8, 4) is 0 Å². The third kappa shape index (κ3) is 6.49. The van der Waals surface area contributed by atoms with Crippen molar-refractivity contribution in [2.45, 2.75) is 6.42 Å². The van der Waals surface area contributed by atoms with E-state index in [0.29, 0.717) is 18.7 Å². The Kier molecular flexibility index (Phi) is 7.60. The van der Waals surface area contributed by atoms with E-state index in [9.17, 15) is 4.79 Å². The van der Waals surface area contributed by atoms with Gasteiger partial charge in [-0.15, -0.1) is 0 Å². The molecule has 0 saturated heterocycles. The average molecular weight is 280 g/mol. The van der Waals surface area contributed by atoms with Crippen LogP contribution in [0.4, 0.5) is 5.69 Å². The van der Waals surface area contributed by atoms with Gasteiger partial charge in [0.05, 0.1) is 11.3 Å². The molecule has 20 heavy (non-hydrogen) atoms. The lowest BCUT2D eigenvalue weighted by Crippen LogP contribution is -2.25. The van der Waals surface area contributed by atoms with Crippen LogP contribution in [0.15, 0.2) is 18.5 Å². The number of rotatable bonds is 9. The van der Waals surface area contributed by atoms with Gasteiger partial charge in [-0.25, -0.2) is 0 Å². The largest absolute Gasteiger partial charge is 0.385 e. The molecule has 0 unspecified atom stereocenters. The number of nitrogens with zero attached hydrogens (tertiary/aromatic N) is 2. The number of pyridine rings is 1. The van der Waals surface area contributed by atoms with E-state index < -0.39 is 0 Å². The SMILES string of the molecule is COCCCNC(=O)c1cncc(NCCN(C)C)c1. The van der Waals surface area contributed by atoms with Crippen LogP contribution in [-0.4, -0.2) is 63.2 Å². The summed E-state index contributed by atoms with van der Waals surface area (Å²) in [4.78, 5) is 18.1. The van der Waals surface area contributed by atoms with E-state index >= 15 is 0 Å². The summed E-state index contributed by atoms with van der Waals surface area (Å²) < 4.78 is 4.93. The number of aromatic nitrogens is 1. The molecule has 0 aliphatic heterocycles. The molecule has 1 amide bonds. The Labute approximate surface area is 120 Å². The van der Waals surface area contributed by atoms with Crippen LogP contribution in [0.3, 0.4) is 0 Å². The third-order valence-corrected chi connectivity index (χ3v) is 2.70. The smallest absolute Gasteiger partial charge is 0.252 e. The highest BCUT2D eigenvalue weighted by Gasteiger charge is 2.06. The van der Waals surface area contributed by atoms with Crippen molar-refractivity contribution >= 4 is 11.6 Å². The van der Waals surface area contributed by atoms with Crippen LogP contribution >= 0.6 is 0 Å². The number of methoxy groups -OCH3 is 1. The minimum atomic E-state index is -0.107. The van der Waals surface area contributed by atoms with Gasteiger partial charge in [0.2, 0.25) is 0 Å². The van der Waals surface area contributed by atoms with Gasteiger partial charge in [0, 0.05) is 45.7 Å². The average Bonchev–Trinajstić information content (AvgIpc) is 2.43. The highest BCUT2D eigenvalue weighted by atomic mass is 16.5. The first-order valence-electron chi connectivity index (χ1n) is 6.74. The molecule has 2 N–H and O–H groups in total. The van der Waals surface area contributed by atoms with Crippen molar-refractivity contribution in [1.29, 1.82) is 0 Å². The molecule has 112 valence electrons. The molecule has 0 aromatic carbocycles. The van der Waals surface area contributed by atoms with E-state index in [1.54, 1.807) is 19.5 Å². The predicted octanol–water partition coefficient (Wildman–Crippen LogP) is 0.821. The molecule has 1 aromatic rings. The Hall–Kier alpha value is -1.66. The van der Waals surface area contributed by atoms with Gasteiger partial charge >= 0.3 is 0 Å². The topological polar surface area (TPSA) is 66.5 Å². The summed E-state index contributed by atoms with van der Waals surface area (Å²) in [6.45, 7) is 2.98. The van der Waals surface area contributed by atoms with Gasteiger partial charge < -0.3 is 20.3 Å². The minimum absolute atomic E-state index is 0.107. The number of anilines is 1. The van der Waals surface area contributed by atoms with E-state index in [0.717, 1.165) is 25.2 Å². The van der Waals surface area contributed by atoms with Gasteiger partial charge in [-0.3, -0.25) is 9.78 Å². The van der Waals surface area contributed by atoms with Gasteiger partial charge in [0.1, 0.15) is 0 Å². The molecule has 0 spiro atoms. The first-order chi connectivity index (χ1) is 9.63. The van der Waals surface area contributed by atoms with E-state index in [2.05, 4.69) is 20.5 Å². The number of amides is 1. The molecule has 0 aliphatic carbocycles. The van der Waals surface area contributed by atoms with Crippen LogP contribution in [0.1, 0.15) is 16.8 Å². The molecule has 1 rings (SSSR count). The number of hydrogen-bond acceptors (Lipinski definition) is 5. The molecule has 0 saturated carbocycles. The molecule has 6 heteroatoms. The summed E-state index contributed by atoms with van der Waals surface area (Å²) >= 11 is 0. The van der Waals surface area contributed by atoms with E-state index in [1.165, 1.54) is 0 Å². The normalized spacial score (nSPS) is 10.6.